The quantitative estimate of drug-likeness (QED) is 0.784. The lowest BCUT2D eigenvalue weighted by atomic mass is 10.2. The zero-order chi connectivity index (χ0) is 15.9. The molecule has 22 heavy (non-hydrogen) atoms. The Morgan fingerprint density at radius 2 is 1.77 bits per heavy atom. The lowest BCUT2D eigenvalue weighted by Crippen LogP contribution is -2.13. The molecule has 7 heteroatoms. The van der Waals surface area contributed by atoms with E-state index >= 15 is 0 Å². The summed E-state index contributed by atoms with van der Waals surface area (Å²) in [7, 11) is 1.47. The molecule has 114 valence electrons. The summed E-state index contributed by atoms with van der Waals surface area (Å²) in [5, 5.41) is 9.55. The summed E-state index contributed by atoms with van der Waals surface area (Å²) in [5.41, 5.74) is 0.611. The number of fused-ring (bicyclic) bond motifs is 1. The molecule has 0 aliphatic heterocycles. The largest absolute Gasteiger partial charge is 0.508 e. The molecule has 0 radical (unpaired) electrons. The van der Waals surface area contributed by atoms with Crippen LogP contribution in [-0.4, -0.2) is 21.8 Å². The second kappa shape index (κ2) is 4.94. The number of phenols is 1. The SMILES string of the molecule is COc1ccc(-n2c(C(F)(F)F)nc3ccc(O)cc32)cc1. The first-order chi connectivity index (χ1) is 10.4. The van der Waals surface area contributed by atoms with Crippen LogP contribution in [0.4, 0.5) is 13.2 Å². The number of ether oxygens (including phenoxy) is 1. The van der Waals surface area contributed by atoms with Gasteiger partial charge in [-0.1, -0.05) is 0 Å². The van der Waals surface area contributed by atoms with Crippen LogP contribution < -0.4 is 4.74 Å². The predicted molar refractivity (Wildman–Crippen MR) is 74.3 cm³/mol. The standard InChI is InChI=1S/C15H11F3N2O2/c1-22-11-5-2-9(3-6-11)20-13-8-10(21)4-7-12(13)19-14(20)15(16,17)18/h2-8,21H,1H3. The summed E-state index contributed by atoms with van der Waals surface area (Å²) in [6.07, 6.45) is -4.62. The molecule has 4 nitrogen and oxygen atoms in total. The van der Waals surface area contributed by atoms with Gasteiger partial charge in [0.05, 0.1) is 18.1 Å². The molecule has 3 rings (SSSR count). The number of rotatable bonds is 2. The van der Waals surface area contributed by atoms with Crippen LogP contribution in [0.5, 0.6) is 11.5 Å². The van der Waals surface area contributed by atoms with E-state index in [0.29, 0.717) is 5.75 Å². The zero-order valence-corrected chi connectivity index (χ0v) is 11.4. The van der Waals surface area contributed by atoms with Gasteiger partial charge in [-0.15, -0.1) is 0 Å². The van der Waals surface area contributed by atoms with Gasteiger partial charge >= 0.3 is 6.18 Å². The van der Waals surface area contributed by atoms with Gasteiger partial charge in [0, 0.05) is 11.8 Å². The number of phenolic OH excluding ortho intramolecular Hbond substituents is 1. The molecule has 0 fully saturated rings. The topological polar surface area (TPSA) is 47.3 Å². The molecule has 1 heterocycles. The zero-order valence-electron chi connectivity index (χ0n) is 11.4. The Balaban J connectivity index is 2.30. The number of benzene rings is 2. The maximum Gasteiger partial charge on any atom is 0.450 e. The molecule has 0 aliphatic rings. The van der Waals surface area contributed by atoms with Crippen molar-refractivity contribution < 1.29 is 23.0 Å². The Hall–Kier alpha value is -2.70. The predicted octanol–water partition coefficient (Wildman–Crippen LogP) is 3.76. The fourth-order valence-electron chi connectivity index (χ4n) is 2.25. The molecule has 0 saturated carbocycles. The number of hydrogen-bond donors (Lipinski definition) is 1. The number of halogens is 3. The van der Waals surface area contributed by atoms with Crippen molar-refractivity contribution in [3.05, 3.63) is 48.3 Å². The van der Waals surface area contributed by atoms with Crippen LogP contribution in [0, 0.1) is 0 Å². The normalized spacial score (nSPS) is 11.8. The van der Waals surface area contributed by atoms with Crippen LogP contribution >= 0.6 is 0 Å². The third-order valence-corrected chi connectivity index (χ3v) is 3.22. The van der Waals surface area contributed by atoms with Crippen molar-refractivity contribution >= 4 is 11.0 Å². The van der Waals surface area contributed by atoms with Gasteiger partial charge in [-0.25, -0.2) is 4.98 Å². The van der Waals surface area contributed by atoms with E-state index in [2.05, 4.69) is 4.98 Å². The van der Waals surface area contributed by atoms with Crippen molar-refractivity contribution in [1.82, 2.24) is 9.55 Å². The van der Waals surface area contributed by atoms with Crippen molar-refractivity contribution in [2.24, 2.45) is 0 Å². The van der Waals surface area contributed by atoms with Gasteiger partial charge in [-0.3, -0.25) is 4.57 Å². The minimum absolute atomic E-state index is 0.129. The van der Waals surface area contributed by atoms with E-state index in [1.165, 1.54) is 37.4 Å². The molecule has 0 atom stereocenters. The highest BCUT2D eigenvalue weighted by Crippen LogP contribution is 2.35. The molecule has 0 aliphatic carbocycles. The van der Waals surface area contributed by atoms with E-state index in [9.17, 15) is 18.3 Å². The minimum atomic E-state index is -4.62. The molecule has 2 aromatic carbocycles. The monoisotopic (exact) mass is 308 g/mol. The van der Waals surface area contributed by atoms with Gasteiger partial charge in [0.1, 0.15) is 11.5 Å². The Bertz CT molecular complexity index is 823. The van der Waals surface area contributed by atoms with E-state index in [-0.39, 0.29) is 22.5 Å². The summed E-state index contributed by atoms with van der Waals surface area (Å²) < 4.78 is 45.7. The van der Waals surface area contributed by atoms with Crippen molar-refractivity contribution in [3.8, 4) is 17.2 Å². The summed E-state index contributed by atoms with van der Waals surface area (Å²) in [6, 6.07) is 10.0. The van der Waals surface area contributed by atoms with E-state index in [0.717, 1.165) is 4.57 Å². The minimum Gasteiger partial charge on any atom is -0.508 e. The Morgan fingerprint density at radius 1 is 1.09 bits per heavy atom. The van der Waals surface area contributed by atoms with E-state index in [1.54, 1.807) is 12.1 Å². The number of methoxy groups -OCH3 is 1. The lowest BCUT2D eigenvalue weighted by Gasteiger charge is -2.12. The van der Waals surface area contributed by atoms with Crippen molar-refractivity contribution in [2.45, 2.75) is 6.18 Å². The molecule has 0 spiro atoms. The third kappa shape index (κ3) is 2.34. The number of aromatic hydroxyl groups is 1. The number of imidazole rings is 1. The Morgan fingerprint density at radius 3 is 2.36 bits per heavy atom. The van der Waals surface area contributed by atoms with Gasteiger partial charge in [0.25, 0.3) is 0 Å². The fraction of sp³-hybridized carbons (Fsp3) is 0.133. The van der Waals surface area contributed by atoms with Gasteiger partial charge in [-0.2, -0.15) is 13.2 Å². The highest BCUT2D eigenvalue weighted by Gasteiger charge is 2.38. The Labute approximate surface area is 123 Å². The van der Waals surface area contributed by atoms with Crippen LogP contribution in [0.2, 0.25) is 0 Å². The van der Waals surface area contributed by atoms with E-state index in [1.807, 2.05) is 0 Å². The number of alkyl halides is 3. The van der Waals surface area contributed by atoms with Crippen LogP contribution in [0.15, 0.2) is 42.5 Å². The molecule has 0 bridgehead atoms. The van der Waals surface area contributed by atoms with E-state index < -0.39 is 12.0 Å². The molecule has 1 aromatic heterocycles. The molecule has 3 aromatic rings. The summed E-state index contributed by atoms with van der Waals surface area (Å²) in [4.78, 5) is 3.64. The first-order valence-corrected chi connectivity index (χ1v) is 6.33. The summed E-state index contributed by atoms with van der Waals surface area (Å²) in [5.74, 6) is -0.640. The van der Waals surface area contributed by atoms with Crippen LogP contribution in [0.1, 0.15) is 5.82 Å². The molecular formula is C15H11F3N2O2. The van der Waals surface area contributed by atoms with Gasteiger partial charge in [-0.05, 0) is 36.4 Å². The highest BCUT2D eigenvalue weighted by atomic mass is 19.4. The van der Waals surface area contributed by atoms with Crippen molar-refractivity contribution in [2.75, 3.05) is 7.11 Å². The summed E-state index contributed by atoms with van der Waals surface area (Å²) in [6.45, 7) is 0. The van der Waals surface area contributed by atoms with Gasteiger partial charge < -0.3 is 9.84 Å². The van der Waals surface area contributed by atoms with E-state index in [4.69, 9.17) is 4.74 Å². The first kappa shape index (κ1) is 14.2. The van der Waals surface area contributed by atoms with Gasteiger partial charge in [0.2, 0.25) is 5.82 Å². The molecule has 0 unspecified atom stereocenters. The fourth-order valence-corrected chi connectivity index (χ4v) is 2.25. The second-order valence-electron chi connectivity index (χ2n) is 4.64. The maximum absolute atomic E-state index is 13.2. The number of hydrogen-bond acceptors (Lipinski definition) is 3. The average Bonchev–Trinajstić information content (AvgIpc) is 2.86. The average molecular weight is 308 g/mol. The van der Waals surface area contributed by atoms with Crippen LogP contribution in [0.25, 0.3) is 16.7 Å². The lowest BCUT2D eigenvalue weighted by molar-refractivity contribution is -0.145. The molecule has 1 N–H and O–H groups in total. The summed E-state index contributed by atoms with van der Waals surface area (Å²) >= 11 is 0. The smallest absolute Gasteiger partial charge is 0.450 e. The second-order valence-corrected chi connectivity index (χ2v) is 4.64. The number of aromatic nitrogens is 2. The Kier molecular flexibility index (Phi) is 3.20. The molecular weight excluding hydrogens is 297 g/mol. The van der Waals surface area contributed by atoms with Crippen LogP contribution in [0.3, 0.4) is 0 Å². The maximum atomic E-state index is 13.2. The first-order valence-electron chi connectivity index (χ1n) is 6.33. The highest BCUT2D eigenvalue weighted by molar-refractivity contribution is 5.80. The molecule has 0 amide bonds. The molecule has 0 saturated heterocycles. The van der Waals surface area contributed by atoms with Crippen molar-refractivity contribution in [3.63, 3.8) is 0 Å². The van der Waals surface area contributed by atoms with Crippen molar-refractivity contribution in [1.29, 1.82) is 0 Å². The van der Waals surface area contributed by atoms with Crippen LogP contribution in [-0.2, 0) is 6.18 Å². The number of nitrogens with zero attached hydrogens (tertiary/aromatic N) is 2. The third-order valence-electron chi connectivity index (χ3n) is 3.22. The van der Waals surface area contributed by atoms with Gasteiger partial charge in [0.15, 0.2) is 0 Å².